The average molecular weight is 391 g/mol. The first-order valence-corrected chi connectivity index (χ1v) is 9.06. The van der Waals surface area contributed by atoms with Crippen molar-refractivity contribution in [3.8, 4) is 5.75 Å². The van der Waals surface area contributed by atoms with Crippen LogP contribution in [0.1, 0.15) is 5.56 Å². The molecule has 3 rings (SSSR count). The first kappa shape index (κ1) is 18.6. The van der Waals surface area contributed by atoms with Gasteiger partial charge < -0.3 is 19.7 Å². The Morgan fingerprint density at radius 2 is 1.92 bits per heavy atom. The maximum Gasteiger partial charge on any atom is 0.262 e. The summed E-state index contributed by atoms with van der Waals surface area (Å²) in [7, 11) is 0. The smallest absolute Gasteiger partial charge is 0.262 e. The molecule has 0 aromatic heterocycles. The molecule has 26 heavy (non-hydrogen) atoms. The van der Waals surface area contributed by atoms with Gasteiger partial charge in [-0.15, -0.1) is 0 Å². The van der Waals surface area contributed by atoms with E-state index in [0.717, 1.165) is 23.6 Å². The Bertz CT molecular complexity index is 777. The van der Waals surface area contributed by atoms with E-state index in [1.54, 1.807) is 24.3 Å². The van der Waals surface area contributed by atoms with Crippen molar-refractivity contribution in [3.63, 3.8) is 0 Å². The molecule has 1 heterocycles. The molecule has 1 aliphatic rings. The molecule has 0 saturated carbocycles. The topological polar surface area (TPSA) is 50.8 Å². The van der Waals surface area contributed by atoms with Crippen LogP contribution in [0.2, 0.25) is 5.02 Å². The van der Waals surface area contributed by atoms with Crippen molar-refractivity contribution in [2.75, 3.05) is 38.2 Å². The highest BCUT2D eigenvalue weighted by Crippen LogP contribution is 2.17. The fraction of sp³-hybridized carbons (Fsp3) is 0.263. The number of nitrogens with zero attached hydrogens (tertiary/aromatic N) is 1. The quantitative estimate of drug-likeness (QED) is 0.793. The van der Waals surface area contributed by atoms with E-state index in [1.165, 1.54) is 0 Å². The number of benzene rings is 2. The number of nitrogens with one attached hydrogen (secondary N) is 1. The minimum absolute atomic E-state index is 0.0836. The number of carbonyl (C=O) groups excluding carboxylic acids is 1. The Morgan fingerprint density at radius 3 is 2.62 bits per heavy atom. The molecule has 1 fully saturated rings. The SMILES string of the molecule is O=C(COc1ccc(C(=S)N2CCOCC2)cc1)Nc1cccc(Cl)c1. The van der Waals surface area contributed by atoms with Gasteiger partial charge in [-0.2, -0.15) is 0 Å². The fourth-order valence-corrected chi connectivity index (χ4v) is 3.06. The van der Waals surface area contributed by atoms with E-state index in [9.17, 15) is 4.79 Å². The van der Waals surface area contributed by atoms with E-state index in [-0.39, 0.29) is 12.5 Å². The first-order valence-electron chi connectivity index (χ1n) is 8.27. The van der Waals surface area contributed by atoms with E-state index in [1.807, 2.05) is 24.3 Å². The zero-order chi connectivity index (χ0) is 18.4. The highest BCUT2D eigenvalue weighted by atomic mass is 35.5. The van der Waals surface area contributed by atoms with Gasteiger partial charge in [0.1, 0.15) is 10.7 Å². The zero-order valence-corrected chi connectivity index (χ0v) is 15.7. The molecule has 0 spiro atoms. The fourth-order valence-electron chi connectivity index (χ4n) is 2.55. The molecule has 2 aromatic carbocycles. The van der Waals surface area contributed by atoms with Crippen LogP contribution < -0.4 is 10.1 Å². The second-order valence-electron chi connectivity index (χ2n) is 5.78. The van der Waals surface area contributed by atoms with Crippen LogP contribution in [0.4, 0.5) is 5.69 Å². The van der Waals surface area contributed by atoms with Crippen molar-refractivity contribution in [3.05, 3.63) is 59.1 Å². The zero-order valence-electron chi connectivity index (χ0n) is 14.1. The number of rotatable bonds is 5. The molecule has 136 valence electrons. The van der Waals surface area contributed by atoms with Crippen LogP contribution in [0.3, 0.4) is 0 Å². The van der Waals surface area contributed by atoms with Gasteiger partial charge in [0, 0.05) is 29.4 Å². The highest BCUT2D eigenvalue weighted by Gasteiger charge is 2.15. The van der Waals surface area contributed by atoms with E-state index in [2.05, 4.69) is 10.2 Å². The van der Waals surface area contributed by atoms with Crippen LogP contribution in [0.25, 0.3) is 0 Å². The Hall–Kier alpha value is -2.15. The van der Waals surface area contributed by atoms with E-state index in [4.69, 9.17) is 33.3 Å². The van der Waals surface area contributed by atoms with Gasteiger partial charge in [0.05, 0.1) is 13.2 Å². The van der Waals surface area contributed by atoms with Crippen molar-refractivity contribution in [1.29, 1.82) is 0 Å². The summed E-state index contributed by atoms with van der Waals surface area (Å²) in [4.78, 5) is 14.9. The molecule has 7 heteroatoms. The molecule has 1 N–H and O–H groups in total. The lowest BCUT2D eigenvalue weighted by Gasteiger charge is -2.29. The molecule has 5 nitrogen and oxygen atoms in total. The van der Waals surface area contributed by atoms with E-state index < -0.39 is 0 Å². The number of anilines is 1. The highest BCUT2D eigenvalue weighted by molar-refractivity contribution is 7.80. The number of hydrogen-bond donors (Lipinski definition) is 1. The van der Waals surface area contributed by atoms with Crippen LogP contribution in [-0.2, 0) is 9.53 Å². The lowest BCUT2D eigenvalue weighted by Crippen LogP contribution is -2.40. The monoisotopic (exact) mass is 390 g/mol. The van der Waals surface area contributed by atoms with Crippen molar-refractivity contribution in [1.82, 2.24) is 4.90 Å². The third-order valence-corrected chi connectivity index (χ3v) is 4.61. The second-order valence-corrected chi connectivity index (χ2v) is 6.60. The minimum Gasteiger partial charge on any atom is -0.484 e. The lowest BCUT2D eigenvalue weighted by atomic mass is 10.2. The molecule has 0 radical (unpaired) electrons. The van der Waals surface area contributed by atoms with Crippen molar-refractivity contribution >= 4 is 40.4 Å². The normalized spacial score (nSPS) is 14.0. The summed E-state index contributed by atoms with van der Waals surface area (Å²) < 4.78 is 10.9. The molecule has 0 bridgehead atoms. The average Bonchev–Trinajstić information content (AvgIpc) is 2.67. The summed E-state index contributed by atoms with van der Waals surface area (Å²) >= 11 is 11.4. The molecule has 1 aliphatic heterocycles. The number of amides is 1. The van der Waals surface area contributed by atoms with Crippen LogP contribution in [-0.4, -0.2) is 48.7 Å². The molecule has 2 aromatic rings. The summed E-state index contributed by atoms with van der Waals surface area (Å²) in [6.07, 6.45) is 0. The van der Waals surface area contributed by atoms with Crippen LogP contribution in [0.5, 0.6) is 5.75 Å². The number of morpholine rings is 1. The van der Waals surface area contributed by atoms with Gasteiger partial charge in [-0.25, -0.2) is 0 Å². The minimum atomic E-state index is -0.250. The van der Waals surface area contributed by atoms with E-state index in [0.29, 0.717) is 29.7 Å². The van der Waals surface area contributed by atoms with Crippen molar-refractivity contribution in [2.45, 2.75) is 0 Å². The summed E-state index contributed by atoms with van der Waals surface area (Å²) in [5.74, 6) is 0.361. The number of hydrogen-bond acceptors (Lipinski definition) is 4. The molecule has 0 aliphatic carbocycles. The van der Waals surface area contributed by atoms with Gasteiger partial charge in [-0.05, 0) is 42.5 Å². The predicted molar refractivity (Wildman–Crippen MR) is 106 cm³/mol. The molecule has 0 unspecified atom stereocenters. The molecule has 1 amide bonds. The van der Waals surface area contributed by atoms with E-state index >= 15 is 0 Å². The van der Waals surface area contributed by atoms with Crippen LogP contribution in [0, 0.1) is 0 Å². The Morgan fingerprint density at radius 1 is 1.19 bits per heavy atom. The van der Waals surface area contributed by atoms with Gasteiger partial charge >= 0.3 is 0 Å². The third kappa shape index (κ3) is 5.17. The Kier molecular flexibility index (Phi) is 6.44. The maximum absolute atomic E-state index is 12.0. The lowest BCUT2D eigenvalue weighted by molar-refractivity contribution is -0.118. The summed E-state index contributed by atoms with van der Waals surface area (Å²) in [6.45, 7) is 2.92. The number of ether oxygens (including phenoxy) is 2. The number of halogens is 1. The van der Waals surface area contributed by atoms with Gasteiger partial charge in [0.25, 0.3) is 5.91 Å². The maximum atomic E-state index is 12.0. The third-order valence-electron chi connectivity index (χ3n) is 3.88. The predicted octanol–water partition coefficient (Wildman–Crippen LogP) is 3.37. The van der Waals surface area contributed by atoms with Crippen molar-refractivity contribution in [2.24, 2.45) is 0 Å². The van der Waals surface area contributed by atoms with Gasteiger partial charge in [-0.1, -0.05) is 29.9 Å². The second kappa shape index (κ2) is 8.98. The van der Waals surface area contributed by atoms with Crippen molar-refractivity contribution < 1.29 is 14.3 Å². The summed E-state index contributed by atoms with van der Waals surface area (Å²) in [5.41, 5.74) is 1.59. The molecule has 1 saturated heterocycles. The molecular formula is C19H19ClN2O3S. The van der Waals surface area contributed by atoms with Gasteiger partial charge in [0.15, 0.2) is 6.61 Å². The molecule has 0 atom stereocenters. The Labute approximate surface area is 162 Å². The largest absolute Gasteiger partial charge is 0.484 e. The van der Waals surface area contributed by atoms with Gasteiger partial charge in [-0.3, -0.25) is 4.79 Å². The summed E-state index contributed by atoms with van der Waals surface area (Å²) in [6, 6.07) is 14.4. The standard InChI is InChI=1S/C19H19ClN2O3S/c20-15-2-1-3-16(12-15)21-18(23)13-25-17-6-4-14(5-7-17)19(26)22-8-10-24-11-9-22/h1-7,12H,8-11,13H2,(H,21,23). The number of carbonyl (C=O) groups is 1. The number of thiocarbonyl (C=S) groups is 1. The Balaban J connectivity index is 1.51. The van der Waals surface area contributed by atoms with Crippen LogP contribution in [0.15, 0.2) is 48.5 Å². The first-order chi connectivity index (χ1) is 12.6. The van der Waals surface area contributed by atoms with Gasteiger partial charge in [0.2, 0.25) is 0 Å². The molecular weight excluding hydrogens is 372 g/mol. The summed E-state index contributed by atoms with van der Waals surface area (Å²) in [5, 5.41) is 3.30. The van der Waals surface area contributed by atoms with Crippen LogP contribution >= 0.6 is 23.8 Å².